The molecule has 0 radical (unpaired) electrons. The molecule has 2 nitrogen and oxygen atoms in total. The second-order valence-corrected chi connectivity index (χ2v) is 8.05. The van der Waals surface area contributed by atoms with E-state index in [0.717, 1.165) is 22.0 Å². The van der Waals surface area contributed by atoms with Crippen molar-refractivity contribution in [2.75, 3.05) is 5.75 Å². The highest BCUT2D eigenvalue weighted by atomic mass is 32.2. The van der Waals surface area contributed by atoms with Crippen LogP contribution >= 0.6 is 11.8 Å². The molecule has 0 atom stereocenters. The average molecular weight is 337 g/mol. The Bertz CT molecular complexity index is 807. The van der Waals surface area contributed by atoms with Gasteiger partial charge < -0.3 is 0 Å². The standard InChI is InChI=1S/C21H23NOS/c23-21(14-15-24-16-8-2-1-3-9-16)22-19-12-6-4-10-17(19)18-11-5-7-13-20(18)22/h4-7,10-13,16H,1-3,8-9,14-15H2. The second kappa shape index (κ2) is 7.02. The summed E-state index contributed by atoms with van der Waals surface area (Å²) in [5, 5.41) is 3.10. The maximum atomic E-state index is 12.9. The lowest BCUT2D eigenvalue weighted by molar-refractivity contribution is 0.0920. The highest BCUT2D eigenvalue weighted by molar-refractivity contribution is 7.99. The Labute approximate surface area is 147 Å². The molecule has 0 saturated heterocycles. The van der Waals surface area contributed by atoms with Crippen LogP contribution in [0.2, 0.25) is 0 Å². The van der Waals surface area contributed by atoms with Crippen LogP contribution in [0.5, 0.6) is 0 Å². The Kier molecular flexibility index (Phi) is 4.61. The molecule has 1 heterocycles. The van der Waals surface area contributed by atoms with Crippen LogP contribution in [-0.4, -0.2) is 21.5 Å². The first-order valence-corrected chi connectivity index (χ1v) is 10.0. The van der Waals surface area contributed by atoms with E-state index in [4.69, 9.17) is 0 Å². The highest BCUT2D eigenvalue weighted by Crippen LogP contribution is 2.31. The number of aromatic nitrogens is 1. The van der Waals surface area contributed by atoms with E-state index in [1.165, 1.54) is 42.9 Å². The third kappa shape index (κ3) is 2.98. The number of nitrogens with zero attached hydrogens (tertiary/aromatic N) is 1. The van der Waals surface area contributed by atoms with E-state index in [2.05, 4.69) is 24.3 Å². The summed E-state index contributed by atoms with van der Waals surface area (Å²) in [6, 6.07) is 16.5. The summed E-state index contributed by atoms with van der Waals surface area (Å²) in [6.07, 6.45) is 7.38. The Morgan fingerprint density at radius 3 is 2.12 bits per heavy atom. The van der Waals surface area contributed by atoms with Crippen LogP contribution in [0, 0.1) is 0 Å². The van der Waals surface area contributed by atoms with Gasteiger partial charge in [-0.3, -0.25) is 9.36 Å². The van der Waals surface area contributed by atoms with Crippen molar-refractivity contribution >= 4 is 39.5 Å². The fourth-order valence-corrected chi connectivity index (χ4v) is 5.14. The van der Waals surface area contributed by atoms with Crippen molar-refractivity contribution in [1.29, 1.82) is 0 Å². The first kappa shape index (κ1) is 15.8. The number of hydrogen-bond donors (Lipinski definition) is 0. The van der Waals surface area contributed by atoms with E-state index < -0.39 is 0 Å². The molecule has 124 valence electrons. The number of benzene rings is 2. The SMILES string of the molecule is O=C(CCSC1CCCCC1)n1c2ccccc2c2ccccc21. The molecule has 0 bridgehead atoms. The van der Waals surface area contributed by atoms with Crippen molar-refractivity contribution in [3.63, 3.8) is 0 Å². The molecule has 0 N–H and O–H groups in total. The molecule has 2 aromatic carbocycles. The molecule has 0 unspecified atom stereocenters. The Balaban J connectivity index is 1.57. The van der Waals surface area contributed by atoms with Gasteiger partial charge in [0.2, 0.25) is 5.91 Å². The van der Waals surface area contributed by atoms with Gasteiger partial charge in [-0.1, -0.05) is 55.7 Å². The van der Waals surface area contributed by atoms with Crippen molar-refractivity contribution in [3.8, 4) is 0 Å². The number of carbonyl (C=O) groups excluding carboxylic acids is 1. The molecule has 1 aromatic heterocycles. The van der Waals surface area contributed by atoms with Crippen LogP contribution in [0.3, 0.4) is 0 Å². The summed E-state index contributed by atoms with van der Waals surface area (Å²) in [6.45, 7) is 0. The zero-order valence-corrected chi connectivity index (χ0v) is 14.7. The largest absolute Gasteiger partial charge is 0.280 e. The van der Waals surface area contributed by atoms with Crippen LogP contribution in [-0.2, 0) is 0 Å². The van der Waals surface area contributed by atoms with Crippen LogP contribution in [0.25, 0.3) is 21.8 Å². The normalized spacial score (nSPS) is 16.0. The number of hydrogen-bond acceptors (Lipinski definition) is 2. The van der Waals surface area contributed by atoms with E-state index in [0.29, 0.717) is 6.42 Å². The molecular weight excluding hydrogens is 314 g/mol. The van der Waals surface area contributed by atoms with Gasteiger partial charge in [0, 0.05) is 28.2 Å². The fourth-order valence-electron chi connectivity index (χ4n) is 3.85. The molecule has 1 aliphatic carbocycles. The minimum absolute atomic E-state index is 0.218. The molecule has 1 aliphatic rings. The summed E-state index contributed by atoms with van der Waals surface area (Å²) in [5.41, 5.74) is 2.07. The molecule has 0 aliphatic heterocycles. The van der Waals surface area contributed by atoms with Crippen molar-refractivity contribution in [2.45, 2.75) is 43.8 Å². The quantitative estimate of drug-likeness (QED) is 0.592. The van der Waals surface area contributed by atoms with E-state index in [1.54, 1.807) is 0 Å². The second-order valence-electron chi connectivity index (χ2n) is 6.64. The van der Waals surface area contributed by atoms with Gasteiger partial charge in [-0.15, -0.1) is 0 Å². The minimum Gasteiger partial charge on any atom is -0.280 e. The Hall–Kier alpha value is -1.74. The monoisotopic (exact) mass is 337 g/mol. The van der Waals surface area contributed by atoms with Crippen LogP contribution in [0.15, 0.2) is 48.5 Å². The predicted molar refractivity (Wildman–Crippen MR) is 104 cm³/mol. The van der Waals surface area contributed by atoms with Crippen LogP contribution in [0.1, 0.15) is 43.3 Å². The van der Waals surface area contributed by atoms with Crippen molar-refractivity contribution in [2.24, 2.45) is 0 Å². The number of carbonyl (C=O) groups is 1. The van der Waals surface area contributed by atoms with Gasteiger partial charge in [0.15, 0.2) is 0 Å². The molecule has 4 rings (SSSR count). The number of para-hydroxylation sites is 2. The Morgan fingerprint density at radius 2 is 1.50 bits per heavy atom. The molecule has 1 fully saturated rings. The highest BCUT2D eigenvalue weighted by Gasteiger charge is 2.17. The average Bonchev–Trinajstić information content (AvgIpc) is 2.97. The van der Waals surface area contributed by atoms with Gasteiger partial charge in [0.1, 0.15) is 0 Å². The lowest BCUT2D eigenvalue weighted by Crippen LogP contribution is -2.13. The van der Waals surface area contributed by atoms with Gasteiger partial charge in [0.05, 0.1) is 11.0 Å². The third-order valence-corrected chi connectivity index (χ3v) is 6.43. The number of rotatable bonds is 4. The summed E-state index contributed by atoms with van der Waals surface area (Å²) >= 11 is 2.00. The fraction of sp³-hybridized carbons (Fsp3) is 0.381. The topological polar surface area (TPSA) is 22.0 Å². The number of thioether (sulfide) groups is 1. The van der Waals surface area contributed by atoms with Gasteiger partial charge in [-0.05, 0) is 25.0 Å². The Morgan fingerprint density at radius 1 is 0.917 bits per heavy atom. The first-order chi connectivity index (χ1) is 11.8. The van der Waals surface area contributed by atoms with Crippen molar-refractivity contribution in [1.82, 2.24) is 4.57 Å². The molecule has 0 spiro atoms. The zero-order chi connectivity index (χ0) is 16.4. The van der Waals surface area contributed by atoms with Gasteiger partial charge in [0.25, 0.3) is 0 Å². The van der Waals surface area contributed by atoms with Gasteiger partial charge >= 0.3 is 0 Å². The predicted octanol–water partition coefficient (Wildman–Crippen LogP) is 5.89. The van der Waals surface area contributed by atoms with E-state index in [1.807, 2.05) is 40.6 Å². The van der Waals surface area contributed by atoms with Crippen molar-refractivity contribution in [3.05, 3.63) is 48.5 Å². The first-order valence-electron chi connectivity index (χ1n) is 8.97. The molecule has 24 heavy (non-hydrogen) atoms. The third-order valence-electron chi connectivity index (χ3n) is 5.05. The maximum Gasteiger partial charge on any atom is 0.232 e. The molecule has 3 aromatic rings. The lowest BCUT2D eigenvalue weighted by atomic mass is 10.0. The maximum absolute atomic E-state index is 12.9. The van der Waals surface area contributed by atoms with Gasteiger partial charge in [-0.2, -0.15) is 11.8 Å². The minimum atomic E-state index is 0.218. The van der Waals surface area contributed by atoms with Crippen molar-refractivity contribution < 1.29 is 4.79 Å². The summed E-state index contributed by atoms with van der Waals surface area (Å²) in [5.74, 6) is 1.15. The summed E-state index contributed by atoms with van der Waals surface area (Å²) in [4.78, 5) is 12.9. The lowest BCUT2D eigenvalue weighted by Gasteiger charge is -2.20. The summed E-state index contributed by atoms with van der Waals surface area (Å²) in [7, 11) is 0. The van der Waals surface area contributed by atoms with E-state index >= 15 is 0 Å². The smallest absolute Gasteiger partial charge is 0.232 e. The van der Waals surface area contributed by atoms with E-state index in [9.17, 15) is 4.79 Å². The summed E-state index contributed by atoms with van der Waals surface area (Å²) < 4.78 is 1.92. The van der Waals surface area contributed by atoms with Gasteiger partial charge in [-0.25, -0.2) is 0 Å². The zero-order valence-electron chi connectivity index (χ0n) is 13.9. The molecule has 3 heteroatoms. The molecule has 0 amide bonds. The molecule has 1 saturated carbocycles. The van der Waals surface area contributed by atoms with Crippen LogP contribution < -0.4 is 0 Å². The number of fused-ring (bicyclic) bond motifs is 3. The molecular formula is C21H23NOS. The van der Waals surface area contributed by atoms with Crippen LogP contribution in [0.4, 0.5) is 0 Å². The van der Waals surface area contributed by atoms with E-state index in [-0.39, 0.29) is 5.91 Å².